The zero-order valence-electron chi connectivity index (χ0n) is 26.7. The first-order chi connectivity index (χ1) is 23.7. The van der Waals surface area contributed by atoms with Gasteiger partial charge >= 0.3 is 0 Å². The normalized spacial score (nSPS) is 14.2. The van der Waals surface area contributed by atoms with Crippen molar-refractivity contribution >= 4 is 66.4 Å². The maximum absolute atomic E-state index is 5.16. The molecule has 8 aromatic rings. The minimum atomic E-state index is 0.395. The van der Waals surface area contributed by atoms with Crippen LogP contribution in [0.4, 0.5) is 5.69 Å². The molecule has 0 saturated heterocycles. The van der Waals surface area contributed by atoms with Crippen LogP contribution >= 0.6 is 0 Å². The lowest BCUT2D eigenvalue weighted by atomic mass is 9.98. The van der Waals surface area contributed by atoms with Crippen LogP contribution < -0.4 is 10.6 Å². The fourth-order valence-electron chi connectivity index (χ4n) is 7.22. The van der Waals surface area contributed by atoms with E-state index in [1.54, 1.807) is 0 Å². The van der Waals surface area contributed by atoms with Crippen molar-refractivity contribution in [2.75, 3.05) is 13.1 Å². The number of nitrogens with zero attached hydrogens (tertiary/aromatic N) is 3. The summed E-state index contributed by atoms with van der Waals surface area (Å²) in [5.41, 5.74) is 11.5. The van der Waals surface area contributed by atoms with Crippen molar-refractivity contribution in [2.45, 2.75) is 31.8 Å². The zero-order valence-corrected chi connectivity index (χ0v) is 26.7. The highest BCUT2D eigenvalue weighted by Crippen LogP contribution is 2.33. The van der Waals surface area contributed by atoms with Crippen LogP contribution in [-0.2, 0) is 19.5 Å². The first-order valence-corrected chi connectivity index (χ1v) is 16.9. The molecule has 0 spiro atoms. The molecule has 6 heteroatoms. The SMILES string of the molecule is C1=Nc2ccccc2C1CCNCc1ccc2nc3c(ccc4nc5ccc(CNCCc6c[nH]c7ccccc67)cc5cc43)cc2c1. The summed E-state index contributed by atoms with van der Waals surface area (Å²) in [5, 5.41) is 13.1. The number of hydrogen-bond acceptors (Lipinski definition) is 5. The molecule has 5 aromatic carbocycles. The number of aliphatic imine (C=N–C) groups is 1. The van der Waals surface area contributed by atoms with Crippen molar-refractivity contribution < 1.29 is 0 Å². The third-order valence-corrected chi connectivity index (χ3v) is 9.76. The largest absolute Gasteiger partial charge is 0.361 e. The van der Waals surface area contributed by atoms with Gasteiger partial charge in [-0.3, -0.25) is 4.99 Å². The molecule has 0 fully saturated rings. The van der Waals surface area contributed by atoms with Gasteiger partial charge in [0.25, 0.3) is 0 Å². The summed E-state index contributed by atoms with van der Waals surface area (Å²) in [6, 6.07) is 38.9. The van der Waals surface area contributed by atoms with E-state index >= 15 is 0 Å². The van der Waals surface area contributed by atoms with E-state index < -0.39 is 0 Å². The second-order valence-corrected chi connectivity index (χ2v) is 12.9. The van der Waals surface area contributed by atoms with Gasteiger partial charge in [-0.25, -0.2) is 9.97 Å². The van der Waals surface area contributed by atoms with Gasteiger partial charge in [0.05, 0.1) is 27.8 Å². The number of rotatable bonds is 10. The molecule has 4 heterocycles. The highest BCUT2D eigenvalue weighted by Gasteiger charge is 2.17. The van der Waals surface area contributed by atoms with Crippen molar-refractivity contribution in [3.63, 3.8) is 0 Å². The number of benzene rings is 5. The number of nitrogens with one attached hydrogen (secondary N) is 3. The van der Waals surface area contributed by atoms with E-state index in [1.165, 1.54) is 33.2 Å². The predicted octanol–water partition coefficient (Wildman–Crippen LogP) is 8.88. The lowest BCUT2D eigenvalue weighted by Crippen LogP contribution is -2.17. The molecular formula is C42H36N6. The first kappa shape index (κ1) is 28.8. The zero-order chi connectivity index (χ0) is 31.9. The van der Waals surface area contributed by atoms with Crippen LogP contribution in [0.15, 0.2) is 120 Å². The van der Waals surface area contributed by atoms with Gasteiger partial charge in [-0.1, -0.05) is 54.6 Å². The summed E-state index contributed by atoms with van der Waals surface area (Å²) in [4.78, 5) is 18.1. The van der Waals surface area contributed by atoms with E-state index in [1.807, 2.05) is 0 Å². The van der Waals surface area contributed by atoms with Gasteiger partial charge in [0, 0.05) is 63.9 Å². The fourth-order valence-corrected chi connectivity index (χ4v) is 7.22. The Balaban J connectivity index is 0.897. The van der Waals surface area contributed by atoms with Crippen LogP contribution in [0.3, 0.4) is 0 Å². The second-order valence-electron chi connectivity index (χ2n) is 12.9. The summed E-state index contributed by atoms with van der Waals surface area (Å²) in [6.07, 6.45) is 6.25. The van der Waals surface area contributed by atoms with Crippen LogP contribution in [0.1, 0.15) is 34.6 Å². The Bertz CT molecular complexity index is 2490. The average molecular weight is 625 g/mol. The number of pyridine rings is 2. The summed E-state index contributed by atoms with van der Waals surface area (Å²) in [7, 11) is 0. The lowest BCUT2D eigenvalue weighted by Gasteiger charge is -2.11. The molecule has 1 aliphatic rings. The minimum Gasteiger partial charge on any atom is -0.361 e. The molecule has 3 aromatic heterocycles. The van der Waals surface area contributed by atoms with Gasteiger partial charge in [-0.15, -0.1) is 0 Å². The number of hydrogen-bond donors (Lipinski definition) is 3. The minimum absolute atomic E-state index is 0.395. The standard InChI is InChI=1S/C42H36N6/c1-3-7-39-34(5-1)30(25-45-39)15-17-43-23-27-10-13-38-32(19-27)21-29-11-14-41-36(42(29)48-38)22-33-20-28(9-12-37(33)47-41)24-44-18-16-31-26-46-40-8-4-2-6-35(31)40/h1-14,19-22,25-26,30,43-44,46H,15-18,23-24H2. The topological polar surface area (TPSA) is 78.0 Å². The van der Waals surface area contributed by atoms with Crippen LogP contribution in [0.2, 0.25) is 0 Å². The Labute approximate surface area is 279 Å². The van der Waals surface area contributed by atoms with Gasteiger partial charge in [0.1, 0.15) is 0 Å². The van der Waals surface area contributed by atoms with Crippen LogP contribution in [0.25, 0.3) is 54.5 Å². The Morgan fingerprint density at radius 2 is 1.38 bits per heavy atom. The van der Waals surface area contributed by atoms with Crippen molar-refractivity contribution in [1.29, 1.82) is 0 Å². The summed E-state index contributed by atoms with van der Waals surface area (Å²) in [5.74, 6) is 0.395. The number of fused-ring (bicyclic) bond motifs is 7. The Kier molecular flexibility index (Phi) is 7.37. The maximum Gasteiger partial charge on any atom is 0.0803 e. The summed E-state index contributed by atoms with van der Waals surface area (Å²) >= 11 is 0. The molecule has 48 heavy (non-hydrogen) atoms. The van der Waals surface area contributed by atoms with Crippen molar-refractivity contribution in [1.82, 2.24) is 25.6 Å². The highest BCUT2D eigenvalue weighted by molar-refractivity contribution is 6.10. The van der Waals surface area contributed by atoms with Crippen molar-refractivity contribution in [2.24, 2.45) is 4.99 Å². The quantitative estimate of drug-likeness (QED) is 0.0807. The third kappa shape index (κ3) is 5.49. The number of aromatic nitrogens is 3. The van der Waals surface area contributed by atoms with Crippen LogP contribution in [-0.4, -0.2) is 34.3 Å². The van der Waals surface area contributed by atoms with E-state index in [-0.39, 0.29) is 0 Å². The molecule has 0 bridgehead atoms. The van der Waals surface area contributed by atoms with Gasteiger partial charge in [0.15, 0.2) is 0 Å². The molecule has 0 saturated carbocycles. The Hall–Kier alpha value is -5.43. The Morgan fingerprint density at radius 3 is 2.27 bits per heavy atom. The average Bonchev–Trinajstić information content (AvgIpc) is 3.74. The fraction of sp³-hybridized carbons (Fsp3) is 0.167. The summed E-state index contributed by atoms with van der Waals surface area (Å²) < 4.78 is 0. The number of para-hydroxylation sites is 2. The molecular weight excluding hydrogens is 589 g/mol. The van der Waals surface area contributed by atoms with Gasteiger partial charge in [0.2, 0.25) is 0 Å². The predicted molar refractivity (Wildman–Crippen MR) is 199 cm³/mol. The molecule has 234 valence electrons. The van der Waals surface area contributed by atoms with Crippen LogP contribution in [0.5, 0.6) is 0 Å². The smallest absolute Gasteiger partial charge is 0.0803 e. The molecule has 1 aliphatic heterocycles. The molecule has 1 unspecified atom stereocenters. The second kappa shape index (κ2) is 12.3. The maximum atomic E-state index is 5.16. The molecule has 0 radical (unpaired) electrons. The van der Waals surface area contributed by atoms with Crippen molar-refractivity contribution in [3.05, 3.63) is 138 Å². The summed E-state index contributed by atoms with van der Waals surface area (Å²) in [6.45, 7) is 3.50. The molecule has 0 amide bonds. The van der Waals surface area contributed by atoms with E-state index in [4.69, 9.17) is 9.97 Å². The van der Waals surface area contributed by atoms with E-state index in [0.717, 1.165) is 88.3 Å². The van der Waals surface area contributed by atoms with Gasteiger partial charge in [-0.2, -0.15) is 0 Å². The molecule has 3 N–H and O–H groups in total. The third-order valence-electron chi connectivity index (χ3n) is 9.76. The Morgan fingerprint density at radius 1 is 0.625 bits per heavy atom. The van der Waals surface area contributed by atoms with Crippen molar-refractivity contribution in [3.8, 4) is 0 Å². The first-order valence-electron chi connectivity index (χ1n) is 16.9. The van der Waals surface area contributed by atoms with Crippen LogP contribution in [0, 0.1) is 0 Å². The number of H-pyrrole nitrogens is 1. The monoisotopic (exact) mass is 624 g/mol. The van der Waals surface area contributed by atoms with Gasteiger partial charge in [-0.05, 0) is 103 Å². The lowest BCUT2D eigenvalue weighted by molar-refractivity contribution is 0.638. The highest BCUT2D eigenvalue weighted by atomic mass is 14.9. The molecule has 9 rings (SSSR count). The molecule has 1 atom stereocenters. The van der Waals surface area contributed by atoms with E-state index in [9.17, 15) is 0 Å². The molecule has 0 aliphatic carbocycles. The number of aromatic amines is 1. The van der Waals surface area contributed by atoms with E-state index in [0.29, 0.717) is 5.92 Å². The molecule has 6 nitrogen and oxygen atoms in total. The van der Waals surface area contributed by atoms with Gasteiger partial charge < -0.3 is 15.6 Å². The van der Waals surface area contributed by atoms with E-state index in [2.05, 4.69) is 142 Å².